The first-order chi connectivity index (χ1) is 3.81. The number of hydrogen-bond acceptors (Lipinski definition) is 5. The van der Waals surface area contributed by atoms with E-state index in [0.29, 0.717) is 0 Å². The van der Waals surface area contributed by atoms with Gasteiger partial charge in [0.05, 0.1) is 7.11 Å². The molecule has 0 rings (SSSR count). The van der Waals surface area contributed by atoms with E-state index < -0.39 is 6.16 Å². The number of carbonyl (C=O) groups is 1. The molecule has 0 bridgehead atoms. The lowest BCUT2D eigenvalue weighted by atomic mass is 11.3. The Kier molecular flexibility index (Phi) is 4.05. The van der Waals surface area contributed by atoms with Crippen LogP contribution in [0.1, 0.15) is 0 Å². The van der Waals surface area contributed by atoms with Crippen LogP contribution in [-0.2, 0) is 9.47 Å². The molecule has 0 aromatic rings. The minimum absolute atomic E-state index is 0.803. The Morgan fingerprint density at radius 2 is 2.50 bits per heavy atom. The zero-order valence-corrected chi connectivity index (χ0v) is 5.09. The van der Waals surface area contributed by atoms with Crippen molar-refractivity contribution >= 4 is 25.4 Å². The second kappa shape index (κ2) is 4.45. The van der Waals surface area contributed by atoms with Gasteiger partial charge in [0.1, 0.15) is 0 Å². The average Bonchev–Trinajstić information content (AvgIpc) is 1.83. The Labute approximate surface area is 52.0 Å². The van der Waals surface area contributed by atoms with E-state index in [0.717, 1.165) is 6.40 Å². The van der Waals surface area contributed by atoms with Gasteiger partial charge >= 0.3 is 6.16 Å². The van der Waals surface area contributed by atoms with Crippen molar-refractivity contribution < 1.29 is 14.3 Å². The largest absolute Gasteiger partial charge is 0.514 e. The normalized spacial score (nSPS) is 9.25. The highest BCUT2D eigenvalue weighted by molar-refractivity contribution is 7.78. The highest BCUT2D eigenvalue weighted by Gasteiger charge is 1.93. The number of thiol groups is 1. The van der Waals surface area contributed by atoms with Gasteiger partial charge in [0.2, 0.25) is 0 Å². The summed E-state index contributed by atoms with van der Waals surface area (Å²) in [6, 6.07) is 0. The summed E-state index contributed by atoms with van der Waals surface area (Å²) in [7, 11) is 1.20. The number of ether oxygens (including phenoxy) is 2. The van der Waals surface area contributed by atoms with E-state index >= 15 is 0 Å². The summed E-state index contributed by atoms with van der Waals surface area (Å²) in [5.74, 6) is 0. The molecule has 0 saturated carbocycles. The minimum Gasteiger partial charge on any atom is -0.437 e. The van der Waals surface area contributed by atoms with Gasteiger partial charge in [0.15, 0.2) is 6.40 Å². The molecular weight excluding hydrogens is 130 g/mol. The van der Waals surface area contributed by atoms with E-state index in [9.17, 15) is 4.79 Å². The van der Waals surface area contributed by atoms with Crippen LogP contribution in [0.25, 0.3) is 0 Å². The topological polar surface area (TPSA) is 47.9 Å². The quantitative estimate of drug-likeness (QED) is 0.248. The van der Waals surface area contributed by atoms with Crippen molar-refractivity contribution in [1.29, 1.82) is 0 Å². The predicted molar refractivity (Wildman–Crippen MR) is 31.0 cm³/mol. The maximum atomic E-state index is 10.0. The lowest BCUT2D eigenvalue weighted by molar-refractivity contribution is 0.120. The van der Waals surface area contributed by atoms with E-state index in [1.807, 2.05) is 0 Å². The molecule has 0 amide bonds. The third kappa shape index (κ3) is 3.48. The van der Waals surface area contributed by atoms with Crippen LogP contribution in [0, 0.1) is 0 Å². The van der Waals surface area contributed by atoms with Crippen LogP contribution in [0.15, 0.2) is 4.40 Å². The highest BCUT2D eigenvalue weighted by Crippen LogP contribution is 1.78. The maximum absolute atomic E-state index is 10.0. The van der Waals surface area contributed by atoms with Crippen LogP contribution in [0.3, 0.4) is 0 Å². The van der Waals surface area contributed by atoms with Gasteiger partial charge in [-0.25, -0.2) is 4.79 Å². The second-order valence-electron chi connectivity index (χ2n) is 0.793. The van der Waals surface area contributed by atoms with E-state index in [4.69, 9.17) is 0 Å². The van der Waals surface area contributed by atoms with Crippen molar-refractivity contribution in [1.82, 2.24) is 0 Å². The van der Waals surface area contributed by atoms with Crippen LogP contribution in [0.5, 0.6) is 0 Å². The zero-order chi connectivity index (χ0) is 6.41. The molecule has 8 heavy (non-hydrogen) atoms. The minimum atomic E-state index is -0.803. The van der Waals surface area contributed by atoms with Crippen molar-refractivity contribution in [3.63, 3.8) is 0 Å². The second-order valence-corrected chi connectivity index (χ2v) is 1.02. The fourth-order valence-corrected chi connectivity index (χ4v) is 0.162. The van der Waals surface area contributed by atoms with Crippen molar-refractivity contribution in [2.75, 3.05) is 7.11 Å². The summed E-state index contributed by atoms with van der Waals surface area (Å²) in [4.78, 5) is 10.0. The fourth-order valence-electron chi connectivity index (χ4n) is 0.115. The Morgan fingerprint density at radius 3 is 2.88 bits per heavy atom. The molecule has 46 valence electrons. The van der Waals surface area contributed by atoms with Gasteiger partial charge in [-0.15, -0.1) is 0 Å². The van der Waals surface area contributed by atoms with Crippen LogP contribution < -0.4 is 0 Å². The molecule has 0 fully saturated rings. The molecule has 4 nitrogen and oxygen atoms in total. The molecule has 0 radical (unpaired) electrons. The third-order valence-corrected chi connectivity index (χ3v) is 0.457. The zero-order valence-electron chi connectivity index (χ0n) is 4.20. The van der Waals surface area contributed by atoms with Crippen LogP contribution in [0.4, 0.5) is 4.79 Å². The fraction of sp³-hybridized carbons (Fsp3) is 0.333. The monoisotopic (exact) mass is 135 g/mol. The highest BCUT2D eigenvalue weighted by atomic mass is 32.1. The molecule has 0 unspecified atom stereocenters. The van der Waals surface area contributed by atoms with Crippen molar-refractivity contribution in [3.05, 3.63) is 0 Å². The van der Waals surface area contributed by atoms with Gasteiger partial charge in [-0.3, -0.25) is 0 Å². The molecule has 0 spiro atoms. The first kappa shape index (κ1) is 7.29. The van der Waals surface area contributed by atoms with Gasteiger partial charge < -0.3 is 9.47 Å². The first-order valence-corrected chi connectivity index (χ1v) is 2.11. The van der Waals surface area contributed by atoms with Gasteiger partial charge in [0.25, 0.3) is 0 Å². The Morgan fingerprint density at radius 1 is 1.88 bits per heavy atom. The summed E-state index contributed by atoms with van der Waals surface area (Å²) >= 11 is 3.37. The van der Waals surface area contributed by atoms with Crippen molar-refractivity contribution in [2.24, 2.45) is 4.40 Å². The summed E-state index contributed by atoms with van der Waals surface area (Å²) in [5.41, 5.74) is 0. The summed E-state index contributed by atoms with van der Waals surface area (Å²) in [6.45, 7) is 0. The molecule has 0 aliphatic heterocycles. The lowest BCUT2D eigenvalue weighted by Crippen LogP contribution is -2.00. The summed E-state index contributed by atoms with van der Waals surface area (Å²) < 4.78 is 11.2. The molecule has 5 heteroatoms. The number of rotatable bonds is 1. The smallest absolute Gasteiger partial charge is 0.437 e. The molecule has 0 aliphatic carbocycles. The summed E-state index contributed by atoms with van der Waals surface area (Å²) in [5, 5.41) is 0. The SMILES string of the molecule is COC(=O)O/C=N/S. The van der Waals surface area contributed by atoms with E-state index in [1.165, 1.54) is 7.11 Å². The molecule has 0 aromatic carbocycles. The average molecular weight is 135 g/mol. The molecule has 0 atom stereocenters. The van der Waals surface area contributed by atoms with Crippen LogP contribution in [-0.4, -0.2) is 19.7 Å². The summed E-state index contributed by atoms with van der Waals surface area (Å²) in [6.07, 6.45) is 0.0670. The molecule has 0 saturated heterocycles. The number of carbonyl (C=O) groups excluding carboxylic acids is 1. The molecule has 0 heterocycles. The molecule has 0 aromatic heterocycles. The number of hydrogen-bond donors (Lipinski definition) is 1. The Balaban J connectivity index is 3.25. The third-order valence-electron chi connectivity index (χ3n) is 0.363. The lowest BCUT2D eigenvalue weighted by Gasteiger charge is -1.90. The van der Waals surface area contributed by atoms with E-state index in [1.54, 1.807) is 0 Å². The van der Waals surface area contributed by atoms with Gasteiger partial charge in [0, 0.05) is 0 Å². The molecule has 0 N–H and O–H groups in total. The Hall–Kier alpha value is -0.710. The van der Waals surface area contributed by atoms with Gasteiger partial charge in [-0.05, 0) is 12.8 Å². The van der Waals surface area contributed by atoms with E-state index in [2.05, 4.69) is 26.7 Å². The standard InChI is InChI=1S/C3H5NO3S/c1-6-3(5)7-2-4-8/h2,8H,1H3/b4-2+. The predicted octanol–water partition coefficient (Wildman–Crippen LogP) is 0.643. The Bertz CT molecular complexity index is 103. The van der Waals surface area contributed by atoms with Crippen LogP contribution in [0.2, 0.25) is 0 Å². The van der Waals surface area contributed by atoms with Crippen LogP contribution >= 0.6 is 12.8 Å². The number of methoxy groups -OCH3 is 1. The first-order valence-electron chi connectivity index (χ1n) is 1.71. The van der Waals surface area contributed by atoms with Gasteiger partial charge in [-0.2, -0.15) is 4.40 Å². The maximum Gasteiger partial charge on any atom is 0.514 e. The molecular formula is C3H5NO3S. The van der Waals surface area contributed by atoms with E-state index in [-0.39, 0.29) is 0 Å². The molecule has 0 aliphatic rings. The van der Waals surface area contributed by atoms with Crippen molar-refractivity contribution in [3.8, 4) is 0 Å². The van der Waals surface area contributed by atoms with Crippen molar-refractivity contribution in [2.45, 2.75) is 0 Å². The van der Waals surface area contributed by atoms with Gasteiger partial charge in [-0.1, -0.05) is 0 Å². The number of nitrogens with zero attached hydrogens (tertiary/aromatic N) is 1.